The van der Waals surface area contributed by atoms with Gasteiger partial charge in [-0.1, -0.05) is 0 Å². The Labute approximate surface area is 77.8 Å². The van der Waals surface area contributed by atoms with Crippen LogP contribution in [0.25, 0.3) is 0 Å². The van der Waals surface area contributed by atoms with Crippen LogP contribution in [0.2, 0.25) is 0 Å². The summed E-state index contributed by atoms with van der Waals surface area (Å²) in [5, 5.41) is 8.76. The second kappa shape index (κ2) is 6.82. The Hall–Kier alpha value is -0.650. The minimum Gasteiger partial charge on any atom is -0.481 e. The molecular formula is C8H17NO4. The van der Waals surface area contributed by atoms with Crippen LogP contribution in [0.4, 0.5) is 0 Å². The Morgan fingerprint density at radius 2 is 1.85 bits per heavy atom. The number of carbonyl (C=O) groups is 1. The van der Waals surface area contributed by atoms with Crippen LogP contribution in [-0.4, -0.2) is 37.1 Å². The summed E-state index contributed by atoms with van der Waals surface area (Å²) in [7, 11) is 0. The van der Waals surface area contributed by atoms with Crippen molar-refractivity contribution in [2.75, 3.05) is 19.8 Å². The van der Waals surface area contributed by atoms with Gasteiger partial charge in [-0.2, -0.15) is 0 Å². The number of hydrogen-bond donors (Lipinski definition) is 2. The summed E-state index contributed by atoms with van der Waals surface area (Å²) in [6.07, 6.45) is -0.738. The molecule has 5 heteroatoms. The molecule has 0 rings (SSSR count). The minimum absolute atomic E-state index is 0.0139. The monoisotopic (exact) mass is 191 g/mol. The van der Waals surface area contributed by atoms with E-state index in [1.807, 2.05) is 0 Å². The Bertz CT molecular complexity index is 145. The standard InChI is InChI=1S/C8H17NO4/c1-3-12-8(13-4-2)6(5-9)7(10)11/h6,8H,3-5,9H2,1-2H3,(H,10,11). The summed E-state index contributed by atoms with van der Waals surface area (Å²) >= 11 is 0. The molecule has 0 fully saturated rings. The Balaban J connectivity index is 4.20. The average molecular weight is 191 g/mol. The molecule has 1 atom stereocenters. The fourth-order valence-electron chi connectivity index (χ4n) is 0.937. The highest BCUT2D eigenvalue weighted by Gasteiger charge is 2.27. The van der Waals surface area contributed by atoms with Gasteiger partial charge in [0.2, 0.25) is 0 Å². The topological polar surface area (TPSA) is 81.8 Å². The zero-order valence-electron chi connectivity index (χ0n) is 8.03. The lowest BCUT2D eigenvalue weighted by molar-refractivity contribution is -0.183. The van der Waals surface area contributed by atoms with Crippen molar-refractivity contribution < 1.29 is 19.4 Å². The van der Waals surface area contributed by atoms with Crippen molar-refractivity contribution in [2.45, 2.75) is 20.1 Å². The molecular weight excluding hydrogens is 174 g/mol. The number of aliphatic carboxylic acids is 1. The molecule has 5 nitrogen and oxygen atoms in total. The van der Waals surface area contributed by atoms with E-state index < -0.39 is 18.2 Å². The molecule has 1 unspecified atom stereocenters. The van der Waals surface area contributed by atoms with E-state index in [0.29, 0.717) is 13.2 Å². The molecule has 78 valence electrons. The molecule has 0 saturated carbocycles. The minimum atomic E-state index is -0.991. The molecule has 0 heterocycles. The van der Waals surface area contributed by atoms with E-state index in [-0.39, 0.29) is 6.54 Å². The number of carboxylic acids is 1. The first kappa shape index (κ1) is 12.3. The van der Waals surface area contributed by atoms with Gasteiger partial charge in [0, 0.05) is 19.8 Å². The normalized spacial score (nSPS) is 13.2. The van der Waals surface area contributed by atoms with E-state index in [9.17, 15) is 4.79 Å². The Morgan fingerprint density at radius 1 is 1.38 bits per heavy atom. The summed E-state index contributed by atoms with van der Waals surface area (Å²) in [4.78, 5) is 10.7. The van der Waals surface area contributed by atoms with Gasteiger partial charge in [0.1, 0.15) is 5.92 Å². The lowest BCUT2D eigenvalue weighted by Gasteiger charge is -2.22. The van der Waals surface area contributed by atoms with Gasteiger partial charge in [0.15, 0.2) is 6.29 Å². The van der Waals surface area contributed by atoms with Crippen LogP contribution in [0.15, 0.2) is 0 Å². The number of hydrogen-bond acceptors (Lipinski definition) is 4. The van der Waals surface area contributed by atoms with Crippen molar-refractivity contribution in [1.82, 2.24) is 0 Å². The molecule has 13 heavy (non-hydrogen) atoms. The molecule has 0 aliphatic heterocycles. The van der Waals surface area contributed by atoms with Crippen LogP contribution in [0, 0.1) is 5.92 Å². The van der Waals surface area contributed by atoms with Gasteiger partial charge in [-0.3, -0.25) is 4.79 Å². The Morgan fingerprint density at radius 3 is 2.08 bits per heavy atom. The van der Waals surface area contributed by atoms with E-state index in [1.165, 1.54) is 0 Å². The quantitative estimate of drug-likeness (QED) is 0.555. The summed E-state index contributed by atoms with van der Waals surface area (Å²) in [6, 6.07) is 0. The fraction of sp³-hybridized carbons (Fsp3) is 0.875. The molecule has 0 radical (unpaired) electrons. The fourth-order valence-corrected chi connectivity index (χ4v) is 0.937. The SMILES string of the molecule is CCOC(OCC)C(CN)C(=O)O. The van der Waals surface area contributed by atoms with Crippen LogP contribution in [-0.2, 0) is 14.3 Å². The molecule has 0 aromatic rings. The number of carboxylic acid groups (broad SMARTS) is 1. The van der Waals surface area contributed by atoms with Crippen molar-refractivity contribution in [3.8, 4) is 0 Å². The van der Waals surface area contributed by atoms with Gasteiger partial charge in [-0.15, -0.1) is 0 Å². The molecule has 0 saturated heterocycles. The smallest absolute Gasteiger partial charge is 0.312 e. The Kier molecular flexibility index (Phi) is 6.48. The molecule has 0 aromatic heterocycles. The maximum atomic E-state index is 10.7. The number of nitrogens with two attached hydrogens (primary N) is 1. The highest BCUT2D eigenvalue weighted by atomic mass is 16.7. The van der Waals surface area contributed by atoms with Crippen LogP contribution in [0.3, 0.4) is 0 Å². The first-order valence-electron chi connectivity index (χ1n) is 4.33. The summed E-state index contributed by atoms with van der Waals surface area (Å²) in [6.45, 7) is 4.39. The number of ether oxygens (including phenoxy) is 2. The van der Waals surface area contributed by atoms with Gasteiger partial charge in [-0.05, 0) is 13.8 Å². The van der Waals surface area contributed by atoms with Gasteiger partial charge in [0.25, 0.3) is 0 Å². The zero-order chi connectivity index (χ0) is 10.3. The van der Waals surface area contributed by atoms with Crippen molar-refractivity contribution in [3.63, 3.8) is 0 Å². The summed E-state index contributed by atoms with van der Waals surface area (Å²) in [5.41, 5.74) is 5.29. The largest absolute Gasteiger partial charge is 0.481 e. The third-order valence-electron chi connectivity index (χ3n) is 1.56. The summed E-state index contributed by atoms with van der Waals surface area (Å²) in [5.74, 6) is -1.78. The van der Waals surface area contributed by atoms with Gasteiger partial charge in [0.05, 0.1) is 0 Å². The van der Waals surface area contributed by atoms with Gasteiger partial charge in [-0.25, -0.2) is 0 Å². The summed E-state index contributed by atoms with van der Waals surface area (Å²) < 4.78 is 10.2. The van der Waals surface area contributed by atoms with Crippen LogP contribution >= 0.6 is 0 Å². The predicted molar refractivity (Wildman–Crippen MR) is 47.2 cm³/mol. The lowest BCUT2D eigenvalue weighted by atomic mass is 10.1. The molecule has 0 aliphatic rings. The molecule has 3 N–H and O–H groups in total. The van der Waals surface area contributed by atoms with E-state index in [4.69, 9.17) is 20.3 Å². The second-order valence-corrected chi connectivity index (χ2v) is 2.46. The maximum absolute atomic E-state index is 10.7. The number of rotatable bonds is 7. The van der Waals surface area contributed by atoms with Crippen molar-refractivity contribution >= 4 is 5.97 Å². The maximum Gasteiger partial charge on any atom is 0.312 e. The second-order valence-electron chi connectivity index (χ2n) is 2.46. The highest BCUT2D eigenvalue weighted by Crippen LogP contribution is 2.08. The van der Waals surface area contributed by atoms with Crippen LogP contribution in [0.1, 0.15) is 13.8 Å². The van der Waals surface area contributed by atoms with Crippen molar-refractivity contribution in [2.24, 2.45) is 11.7 Å². The molecule has 0 bridgehead atoms. The van der Waals surface area contributed by atoms with Crippen molar-refractivity contribution in [3.05, 3.63) is 0 Å². The third-order valence-corrected chi connectivity index (χ3v) is 1.56. The average Bonchev–Trinajstić information content (AvgIpc) is 2.05. The van der Waals surface area contributed by atoms with E-state index in [1.54, 1.807) is 13.8 Å². The molecule has 0 amide bonds. The van der Waals surface area contributed by atoms with Crippen LogP contribution in [0.5, 0.6) is 0 Å². The molecule has 0 aromatic carbocycles. The van der Waals surface area contributed by atoms with Crippen LogP contribution < -0.4 is 5.73 Å². The molecule has 0 spiro atoms. The van der Waals surface area contributed by atoms with E-state index in [0.717, 1.165) is 0 Å². The first-order valence-corrected chi connectivity index (χ1v) is 4.33. The zero-order valence-corrected chi connectivity index (χ0v) is 8.03. The van der Waals surface area contributed by atoms with Crippen molar-refractivity contribution in [1.29, 1.82) is 0 Å². The third kappa shape index (κ3) is 4.21. The first-order chi connectivity index (χ1) is 6.17. The molecule has 0 aliphatic carbocycles. The van der Waals surface area contributed by atoms with Gasteiger partial charge >= 0.3 is 5.97 Å². The van der Waals surface area contributed by atoms with Gasteiger partial charge < -0.3 is 20.3 Å². The lowest BCUT2D eigenvalue weighted by Crippen LogP contribution is -2.38. The highest BCUT2D eigenvalue weighted by molar-refractivity contribution is 5.70. The predicted octanol–water partition coefficient (Wildman–Crippen LogP) is 0.0450. The van der Waals surface area contributed by atoms with E-state index >= 15 is 0 Å². The van der Waals surface area contributed by atoms with E-state index in [2.05, 4.69) is 0 Å².